The first-order valence-corrected chi connectivity index (χ1v) is 6.80. The van der Waals surface area contributed by atoms with Gasteiger partial charge in [-0.15, -0.1) is 6.58 Å². The Hall–Kier alpha value is -2.10. The third-order valence-corrected chi connectivity index (χ3v) is 3.85. The van der Waals surface area contributed by atoms with Crippen LogP contribution in [-0.2, 0) is 4.79 Å². The molecule has 1 N–H and O–H groups in total. The highest BCUT2D eigenvalue weighted by Crippen LogP contribution is 2.28. The number of piperidine rings is 1. The lowest BCUT2D eigenvalue weighted by atomic mass is 9.83. The average Bonchev–Trinajstić information content (AvgIpc) is 2.47. The molecular weight excluding hydrogens is 254 g/mol. The lowest BCUT2D eigenvalue weighted by Gasteiger charge is -2.36. The van der Waals surface area contributed by atoms with Crippen LogP contribution < -0.4 is 0 Å². The average molecular weight is 273 g/mol. The van der Waals surface area contributed by atoms with E-state index in [4.69, 9.17) is 5.11 Å². The Balaban J connectivity index is 2.05. The molecule has 1 saturated heterocycles. The second-order valence-corrected chi connectivity index (χ2v) is 5.16. The van der Waals surface area contributed by atoms with Gasteiger partial charge in [-0.25, -0.2) is 0 Å². The summed E-state index contributed by atoms with van der Waals surface area (Å²) < 4.78 is 0. The second-order valence-electron chi connectivity index (χ2n) is 5.16. The van der Waals surface area contributed by atoms with Gasteiger partial charge in [0.15, 0.2) is 0 Å². The maximum Gasteiger partial charge on any atom is 0.303 e. The topological polar surface area (TPSA) is 57.6 Å². The number of likely N-dealkylation sites (tertiary alicyclic amines) is 1. The summed E-state index contributed by atoms with van der Waals surface area (Å²) in [5.41, 5.74) is 0.673. The fourth-order valence-corrected chi connectivity index (χ4v) is 2.72. The number of carboxylic acid groups (broad SMARTS) is 1. The SMILES string of the molecule is C=C[C@@H]1CN(C(=O)c2ccccc2)CC[C@H]1CC(=O)O. The van der Waals surface area contributed by atoms with Crippen LogP contribution in [0.4, 0.5) is 0 Å². The highest BCUT2D eigenvalue weighted by atomic mass is 16.4. The zero-order valence-corrected chi connectivity index (χ0v) is 11.4. The number of benzene rings is 1. The molecule has 4 heteroatoms. The minimum Gasteiger partial charge on any atom is -0.481 e. The van der Waals surface area contributed by atoms with Gasteiger partial charge in [0, 0.05) is 25.1 Å². The van der Waals surface area contributed by atoms with Gasteiger partial charge in [-0.3, -0.25) is 9.59 Å². The van der Waals surface area contributed by atoms with E-state index in [1.165, 1.54) is 0 Å². The monoisotopic (exact) mass is 273 g/mol. The molecule has 1 aromatic carbocycles. The Kier molecular flexibility index (Phi) is 4.56. The molecular formula is C16H19NO3. The molecule has 0 bridgehead atoms. The molecule has 2 atom stereocenters. The number of rotatable bonds is 4. The lowest BCUT2D eigenvalue weighted by Crippen LogP contribution is -2.43. The zero-order chi connectivity index (χ0) is 14.5. The molecule has 1 aliphatic heterocycles. The van der Waals surface area contributed by atoms with Crippen LogP contribution in [0.3, 0.4) is 0 Å². The van der Waals surface area contributed by atoms with Crippen molar-refractivity contribution in [2.45, 2.75) is 12.8 Å². The lowest BCUT2D eigenvalue weighted by molar-refractivity contribution is -0.138. The highest BCUT2D eigenvalue weighted by Gasteiger charge is 2.31. The van der Waals surface area contributed by atoms with E-state index in [9.17, 15) is 9.59 Å². The van der Waals surface area contributed by atoms with E-state index in [2.05, 4.69) is 6.58 Å². The molecule has 2 rings (SSSR count). The van der Waals surface area contributed by atoms with E-state index in [-0.39, 0.29) is 24.2 Å². The molecule has 0 radical (unpaired) electrons. The van der Waals surface area contributed by atoms with Crippen molar-refractivity contribution in [3.63, 3.8) is 0 Å². The van der Waals surface area contributed by atoms with Gasteiger partial charge in [-0.2, -0.15) is 0 Å². The molecule has 20 heavy (non-hydrogen) atoms. The van der Waals surface area contributed by atoms with Gasteiger partial charge in [0.05, 0.1) is 0 Å². The predicted octanol–water partition coefficient (Wildman–Crippen LogP) is 2.43. The molecule has 4 nitrogen and oxygen atoms in total. The summed E-state index contributed by atoms with van der Waals surface area (Å²) in [6, 6.07) is 9.16. The van der Waals surface area contributed by atoms with Crippen LogP contribution in [0.25, 0.3) is 0 Å². The molecule has 1 aromatic rings. The first kappa shape index (κ1) is 14.3. The Morgan fingerprint density at radius 1 is 1.35 bits per heavy atom. The standard InChI is InChI=1S/C16H19NO3/c1-2-12-11-17(9-8-14(12)10-15(18)19)16(20)13-6-4-3-5-7-13/h2-7,12,14H,1,8-11H2,(H,18,19)/t12-,14+/m1/s1. The Morgan fingerprint density at radius 2 is 2.05 bits per heavy atom. The summed E-state index contributed by atoms with van der Waals surface area (Å²) in [5, 5.41) is 8.92. The molecule has 0 unspecified atom stereocenters. The third kappa shape index (κ3) is 3.26. The second kappa shape index (κ2) is 6.37. The zero-order valence-electron chi connectivity index (χ0n) is 11.4. The van der Waals surface area contributed by atoms with Crippen molar-refractivity contribution in [3.05, 3.63) is 48.6 Å². The number of carbonyl (C=O) groups is 2. The van der Waals surface area contributed by atoms with Gasteiger partial charge in [0.2, 0.25) is 0 Å². The van der Waals surface area contributed by atoms with Crippen LogP contribution in [0.5, 0.6) is 0 Å². The predicted molar refractivity (Wildman–Crippen MR) is 76.4 cm³/mol. The van der Waals surface area contributed by atoms with Crippen molar-refractivity contribution in [2.24, 2.45) is 11.8 Å². The summed E-state index contributed by atoms with van der Waals surface area (Å²) in [6.07, 6.45) is 2.63. The van der Waals surface area contributed by atoms with E-state index >= 15 is 0 Å². The van der Waals surface area contributed by atoms with Crippen molar-refractivity contribution in [3.8, 4) is 0 Å². The largest absolute Gasteiger partial charge is 0.481 e. The first-order valence-electron chi connectivity index (χ1n) is 6.80. The maximum absolute atomic E-state index is 12.4. The Morgan fingerprint density at radius 3 is 2.65 bits per heavy atom. The molecule has 1 amide bonds. The Bertz CT molecular complexity index is 498. The van der Waals surface area contributed by atoms with E-state index in [0.717, 1.165) is 0 Å². The molecule has 106 valence electrons. The summed E-state index contributed by atoms with van der Waals surface area (Å²) in [5.74, 6) is -0.659. The molecule has 0 aromatic heterocycles. The number of hydrogen-bond acceptors (Lipinski definition) is 2. The van der Waals surface area contributed by atoms with Crippen LogP contribution in [-0.4, -0.2) is 35.0 Å². The molecule has 1 fully saturated rings. The van der Waals surface area contributed by atoms with Crippen LogP contribution >= 0.6 is 0 Å². The van der Waals surface area contributed by atoms with E-state index < -0.39 is 5.97 Å². The quantitative estimate of drug-likeness (QED) is 0.857. The fourth-order valence-electron chi connectivity index (χ4n) is 2.72. The number of nitrogens with zero attached hydrogens (tertiary/aromatic N) is 1. The molecule has 0 saturated carbocycles. The van der Waals surface area contributed by atoms with Crippen molar-refractivity contribution < 1.29 is 14.7 Å². The summed E-state index contributed by atoms with van der Waals surface area (Å²) in [6.45, 7) is 4.94. The van der Waals surface area contributed by atoms with Crippen molar-refractivity contribution in [1.82, 2.24) is 4.90 Å². The van der Waals surface area contributed by atoms with Gasteiger partial charge in [0.1, 0.15) is 0 Å². The third-order valence-electron chi connectivity index (χ3n) is 3.85. The summed E-state index contributed by atoms with van der Waals surface area (Å²) in [7, 11) is 0. The van der Waals surface area contributed by atoms with Gasteiger partial charge in [-0.05, 0) is 30.4 Å². The van der Waals surface area contributed by atoms with Crippen LogP contribution in [0.15, 0.2) is 43.0 Å². The molecule has 0 spiro atoms. The van der Waals surface area contributed by atoms with E-state index in [1.807, 2.05) is 18.2 Å². The van der Waals surface area contributed by atoms with Gasteiger partial charge in [-0.1, -0.05) is 24.3 Å². The number of carbonyl (C=O) groups excluding carboxylic acids is 1. The highest BCUT2D eigenvalue weighted by molar-refractivity contribution is 5.94. The fraction of sp³-hybridized carbons (Fsp3) is 0.375. The molecule has 0 aliphatic carbocycles. The number of aliphatic carboxylic acids is 1. The van der Waals surface area contributed by atoms with Crippen LogP contribution in [0.1, 0.15) is 23.2 Å². The number of hydrogen-bond donors (Lipinski definition) is 1. The summed E-state index contributed by atoms with van der Waals surface area (Å²) in [4.78, 5) is 25.0. The van der Waals surface area contributed by atoms with E-state index in [0.29, 0.717) is 25.1 Å². The minimum atomic E-state index is -0.787. The van der Waals surface area contributed by atoms with Crippen molar-refractivity contribution >= 4 is 11.9 Å². The van der Waals surface area contributed by atoms with Crippen molar-refractivity contribution in [2.75, 3.05) is 13.1 Å². The van der Waals surface area contributed by atoms with Crippen molar-refractivity contribution in [1.29, 1.82) is 0 Å². The number of carboxylic acids is 1. The number of amides is 1. The Labute approximate surface area is 118 Å². The molecule has 1 heterocycles. The smallest absolute Gasteiger partial charge is 0.303 e. The van der Waals surface area contributed by atoms with E-state index in [1.54, 1.807) is 23.1 Å². The van der Waals surface area contributed by atoms with Crippen LogP contribution in [0, 0.1) is 11.8 Å². The summed E-state index contributed by atoms with van der Waals surface area (Å²) >= 11 is 0. The maximum atomic E-state index is 12.4. The van der Waals surface area contributed by atoms with Gasteiger partial charge >= 0.3 is 5.97 Å². The minimum absolute atomic E-state index is 0.00576. The normalized spacial score (nSPS) is 22.3. The van der Waals surface area contributed by atoms with Crippen LogP contribution in [0.2, 0.25) is 0 Å². The first-order chi connectivity index (χ1) is 9.61. The van der Waals surface area contributed by atoms with Gasteiger partial charge in [0.25, 0.3) is 5.91 Å². The van der Waals surface area contributed by atoms with Gasteiger partial charge < -0.3 is 10.0 Å². The molecule has 1 aliphatic rings.